The van der Waals surface area contributed by atoms with E-state index in [0.717, 1.165) is 30.1 Å². The molecule has 0 saturated carbocycles. The lowest BCUT2D eigenvalue weighted by Crippen LogP contribution is -2.22. The molecule has 1 aromatic rings. The second kappa shape index (κ2) is 7.42. The highest BCUT2D eigenvalue weighted by atomic mass is 32.2. The molecule has 0 aliphatic carbocycles. The Morgan fingerprint density at radius 3 is 2.53 bits per heavy atom. The van der Waals surface area contributed by atoms with Crippen molar-refractivity contribution in [2.24, 2.45) is 0 Å². The van der Waals surface area contributed by atoms with Crippen molar-refractivity contribution < 1.29 is 13.5 Å². The van der Waals surface area contributed by atoms with Crippen LogP contribution in [0.3, 0.4) is 0 Å². The van der Waals surface area contributed by atoms with Crippen LogP contribution >= 0.6 is 0 Å². The fourth-order valence-corrected chi connectivity index (χ4v) is 2.33. The van der Waals surface area contributed by atoms with Gasteiger partial charge in [-0.05, 0) is 31.4 Å². The van der Waals surface area contributed by atoms with Crippen LogP contribution in [0.4, 0.5) is 5.82 Å². The summed E-state index contributed by atoms with van der Waals surface area (Å²) in [6, 6.07) is 3.20. The van der Waals surface area contributed by atoms with Crippen LogP contribution in [0.2, 0.25) is 0 Å². The molecule has 1 heterocycles. The summed E-state index contributed by atoms with van der Waals surface area (Å²) in [7, 11) is -0.433. The highest BCUT2D eigenvalue weighted by molar-refractivity contribution is 7.89. The number of aliphatic hydroxyl groups excluding tert-OH is 1. The monoisotopic (exact) mass is 287 g/mol. The topological polar surface area (TPSA) is 82.5 Å². The van der Waals surface area contributed by atoms with Crippen LogP contribution in [0.1, 0.15) is 19.3 Å². The Kier molecular flexibility index (Phi) is 6.20. The van der Waals surface area contributed by atoms with Crippen LogP contribution in [0.15, 0.2) is 23.2 Å². The Balaban J connectivity index is 2.53. The van der Waals surface area contributed by atoms with Crippen LogP contribution in [0.5, 0.6) is 0 Å². The van der Waals surface area contributed by atoms with E-state index in [9.17, 15) is 8.42 Å². The van der Waals surface area contributed by atoms with Gasteiger partial charge < -0.3 is 10.4 Å². The molecule has 0 saturated heterocycles. The van der Waals surface area contributed by atoms with Gasteiger partial charge in [0.05, 0.1) is 0 Å². The van der Waals surface area contributed by atoms with Gasteiger partial charge in [-0.3, -0.25) is 0 Å². The average Bonchev–Trinajstić information content (AvgIpc) is 2.39. The minimum atomic E-state index is -3.41. The van der Waals surface area contributed by atoms with Crippen LogP contribution in [0, 0.1) is 0 Å². The number of aromatic nitrogens is 1. The zero-order chi connectivity index (χ0) is 14.3. The van der Waals surface area contributed by atoms with E-state index in [0.29, 0.717) is 5.82 Å². The number of hydrogen-bond donors (Lipinski definition) is 2. The van der Waals surface area contributed by atoms with E-state index < -0.39 is 10.0 Å². The molecule has 1 aromatic heterocycles. The zero-order valence-corrected chi connectivity index (χ0v) is 12.2. The van der Waals surface area contributed by atoms with E-state index in [4.69, 9.17) is 5.11 Å². The smallest absolute Gasteiger partial charge is 0.244 e. The number of hydrogen-bond acceptors (Lipinski definition) is 5. The number of anilines is 1. The minimum Gasteiger partial charge on any atom is -0.396 e. The van der Waals surface area contributed by atoms with Crippen LogP contribution in [0.25, 0.3) is 0 Å². The second-order valence-corrected chi connectivity index (χ2v) is 6.53. The van der Waals surface area contributed by atoms with Gasteiger partial charge in [0.15, 0.2) is 0 Å². The number of nitrogens with one attached hydrogen (secondary N) is 1. The fraction of sp³-hybridized carbons (Fsp3) is 0.583. The molecule has 0 aliphatic rings. The van der Waals surface area contributed by atoms with Crippen molar-refractivity contribution in [3.63, 3.8) is 0 Å². The Labute approximate surface area is 114 Å². The standard InChI is InChI=1S/C12H21N3O3S/c1-15(2)19(17,18)11-6-7-12(14-10-11)13-8-4-3-5-9-16/h6-7,10,16H,3-5,8-9H2,1-2H3,(H,13,14). The molecule has 0 spiro atoms. The lowest BCUT2D eigenvalue weighted by Gasteiger charge is -2.11. The van der Waals surface area contributed by atoms with E-state index >= 15 is 0 Å². The van der Waals surface area contributed by atoms with E-state index in [1.807, 2.05) is 0 Å². The van der Waals surface area contributed by atoms with Gasteiger partial charge in [-0.1, -0.05) is 0 Å². The van der Waals surface area contributed by atoms with Crippen molar-refractivity contribution in [1.82, 2.24) is 9.29 Å². The van der Waals surface area contributed by atoms with Crippen molar-refractivity contribution in [3.05, 3.63) is 18.3 Å². The maximum atomic E-state index is 11.8. The molecule has 2 N–H and O–H groups in total. The summed E-state index contributed by atoms with van der Waals surface area (Å²) in [5.41, 5.74) is 0. The number of pyridine rings is 1. The third-order valence-electron chi connectivity index (χ3n) is 2.66. The van der Waals surface area contributed by atoms with Crippen molar-refractivity contribution in [1.29, 1.82) is 0 Å². The maximum absolute atomic E-state index is 11.8. The first-order chi connectivity index (χ1) is 8.98. The molecule has 7 heteroatoms. The molecule has 0 fully saturated rings. The molecule has 0 radical (unpaired) electrons. The highest BCUT2D eigenvalue weighted by Gasteiger charge is 2.17. The summed E-state index contributed by atoms with van der Waals surface area (Å²) in [5, 5.41) is 11.8. The highest BCUT2D eigenvalue weighted by Crippen LogP contribution is 2.13. The van der Waals surface area contributed by atoms with Crippen LogP contribution < -0.4 is 5.32 Å². The molecule has 0 amide bonds. The Morgan fingerprint density at radius 2 is 2.00 bits per heavy atom. The summed E-state index contributed by atoms with van der Waals surface area (Å²) in [4.78, 5) is 4.26. The maximum Gasteiger partial charge on any atom is 0.244 e. The normalized spacial score (nSPS) is 11.8. The SMILES string of the molecule is CN(C)S(=O)(=O)c1ccc(NCCCCCO)nc1. The molecule has 0 atom stereocenters. The first-order valence-corrected chi connectivity index (χ1v) is 7.66. The summed E-state index contributed by atoms with van der Waals surface area (Å²) in [6.07, 6.45) is 4.05. The third kappa shape index (κ3) is 4.77. The molecule has 0 aliphatic heterocycles. The van der Waals surface area contributed by atoms with Gasteiger partial charge in [-0.2, -0.15) is 0 Å². The largest absolute Gasteiger partial charge is 0.396 e. The van der Waals surface area contributed by atoms with Crippen LogP contribution in [-0.2, 0) is 10.0 Å². The molecule has 19 heavy (non-hydrogen) atoms. The van der Waals surface area contributed by atoms with Crippen molar-refractivity contribution in [3.8, 4) is 0 Å². The first kappa shape index (κ1) is 15.9. The van der Waals surface area contributed by atoms with Gasteiger partial charge in [0.25, 0.3) is 0 Å². The van der Waals surface area contributed by atoms with Crippen LogP contribution in [-0.4, -0.2) is 50.1 Å². The lowest BCUT2D eigenvalue weighted by molar-refractivity contribution is 0.283. The van der Waals surface area contributed by atoms with Gasteiger partial charge in [0.1, 0.15) is 10.7 Å². The van der Waals surface area contributed by atoms with Crippen molar-refractivity contribution in [2.45, 2.75) is 24.2 Å². The van der Waals surface area contributed by atoms with Gasteiger partial charge in [0.2, 0.25) is 10.0 Å². The van der Waals surface area contributed by atoms with Gasteiger partial charge >= 0.3 is 0 Å². The second-order valence-electron chi connectivity index (χ2n) is 4.38. The number of unbranched alkanes of at least 4 members (excludes halogenated alkanes) is 2. The molecule has 0 aromatic carbocycles. The molecular formula is C12H21N3O3S. The van der Waals surface area contributed by atoms with Gasteiger partial charge in [-0.15, -0.1) is 0 Å². The Hall–Kier alpha value is -1.18. The predicted molar refractivity (Wildman–Crippen MR) is 74.5 cm³/mol. The fourth-order valence-electron chi connectivity index (χ4n) is 1.48. The van der Waals surface area contributed by atoms with E-state index in [2.05, 4.69) is 10.3 Å². The summed E-state index contributed by atoms with van der Waals surface area (Å²) < 4.78 is 24.8. The number of rotatable bonds is 8. The predicted octanol–water partition coefficient (Wildman–Crippen LogP) is 0.906. The summed E-state index contributed by atoms with van der Waals surface area (Å²) >= 11 is 0. The van der Waals surface area contributed by atoms with Gasteiger partial charge in [-0.25, -0.2) is 17.7 Å². The van der Waals surface area contributed by atoms with E-state index in [-0.39, 0.29) is 11.5 Å². The molecule has 1 rings (SSSR count). The molecule has 0 bridgehead atoms. The quantitative estimate of drug-likeness (QED) is 0.694. The molecular weight excluding hydrogens is 266 g/mol. The van der Waals surface area contributed by atoms with E-state index in [1.165, 1.54) is 20.3 Å². The average molecular weight is 287 g/mol. The number of aliphatic hydroxyl groups is 1. The minimum absolute atomic E-state index is 0.184. The lowest BCUT2D eigenvalue weighted by atomic mass is 10.2. The zero-order valence-electron chi connectivity index (χ0n) is 11.3. The Morgan fingerprint density at radius 1 is 1.26 bits per heavy atom. The summed E-state index contributed by atoms with van der Waals surface area (Å²) in [6.45, 7) is 0.974. The number of nitrogens with zero attached hydrogens (tertiary/aromatic N) is 2. The Bertz CT molecular complexity index is 471. The molecule has 6 nitrogen and oxygen atoms in total. The molecule has 108 valence electrons. The van der Waals surface area contributed by atoms with Crippen molar-refractivity contribution >= 4 is 15.8 Å². The van der Waals surface area contributed by atoms with E-state index in [1.54, 1.807) is 12.1 Å². The first-order valence-electron chi connectivity index (χ1n) is 6.22. The third-order valence-corrected chi connectivity index (χ3v) is 4.45. The summed E-state index contributed by atoms with van der Waals surface area (Å²) in [5.74, 6) is 0.654. The number of sulfonamides is 1. The molecule has 0 unspecified atom stereocenters. The van der Waals surface area contributed by atoms with Gasteiger partial charge in [0, 0.05) is 33.4 Å². The van der Waals surface area contributed by atoms with Crippen molar-refractivity contribution in [2.75, 3.05) is 32.6 Å².